The van der Waals surface area contributed by atoms with E-state index in [1.165, 1.54) is 6.08 Å². The lowest BCUT2D eigenvalue weighted by Gasteiger charge is -2.39. The molecular weight excluding hydrogens is 475 g/mol. The lowest BCUT2D eigenvalue weighted by atomic mass is 9.78. The van der Waals surface area contributed by atoms with E-state index in [0.717, 1.165) is 18.3 Å². The van der Waals surface area contributed by atoms with Gasteiger partial charge in [0.2, 0.25) is 5.91 Å². The first-order chi connectivity index (χ1) is 17.3. The second-order valence-corrected chi connectivity index (χ2v) is 11.5. The van der Waals surface area contributed by atoms with Crippen LogP contribution in [0, 0.1) is 5.92 Å². The third-order valence-corrected chi connectivity index (χ3v) is 7.92. The van der Waals surface area contributed by atoms with Gasteiger partial charge >= 0.3 is 13.2 Å². The van der Waals surface area contributed by atoms with E-state index in [9.17, 15) is 9.59 Å². The average molecular weight is 520 g/mol. The topological polar surface area (TPSA) is 95.6 Å². The van der Waals surface area contributed by atoms with Crippen LogP contribution in [-0.4, -0.2) is 85.9 Å². The van der Waals surface area contributed by atoms with Crippen LogP contribution in [0.5, 0.6) is 0 Å². The van der Waals surface area contributed by atoms with Crippen molar-refractivity contribution in [1.29, 1.82) is 0 Å². The third-order valence-electron chi connectivity index (χ3n) is 7.92. The molecule has 0 aliphatic carbocycles. The fourth-order valence-corrected chi connectivity index (χ4v) is 4.61. The Kier molecular flexibility index (Phi) is 9.88. The Bertz CT molecular complexity index is 853. The number of ether oxygens (including phenoxy) is 3. The quantitative estimate of drug-likeness (QED) is 0.404. The van der Waals surface area contributed by atoms with Crippen LogP contribution in [0.2, 0.25) is 0 Å². The Morgan fingerprint density at radius 3 is 2.38 bits per heavy atom. The Balaban J connectivity index is 1.44. The zero-order chi connectivity index (χ0) is 27.4. The molecule has 3 saturated heterocycles. The summed E-state index contributed by atoms with van der Waals surface area (Å²) in [6.45, 7) is 18.2. The van der Waals surface area contributed by atoms with Crippen LogP contribution in [0.4, 0.5) is 4.79 Å². The van der Waals surface area contributed by atoms with Crippen molar-refractivity contribution >= 4 is 19.1 Å². The molecular formula is C27H45BN2O7. The molecule has 0 saturated carbocycles. The smallest absolute Gasteiger partial charge is 0.442 e. The summed E-state index contributed by atoms with van der Waals surface area (Å²) < 4.78 is 29.2. The first kappa shape index (κ1) is 29.7. The van der Waals surface area contributed by atoms with E-state index in [2.05, 4.69) is 46.0 Å². The molecule has 2 amide bonds. The van der Waals surface area contributed by atoms with E-state index in [1.807, 2.05) is 13.8 Å². The van der Waals surface area contributed by atoms with Crippen molar-refractivity contribution in [3.63, 3.8) is 0 Å². The molecule has 3 heterocycles. The van der Waals surface area contributed by atoms with Gasteiger partial charge in [-0.1, -0.05) is 13.0 Å². The van der Waals surface area contributed by atoms with Gasteiger partial charge in [-0.15, -0.1) is 0 Å². The van der Waals surface area contributed by atoms with Crippen LogP contribution in [0.25, 0.3) is 0 Å². The van der Waals surface area contributed by atoms with Gasteiger partial charge in [-0.25, -0.2) is 4.79 Å². The molecule has 3 rings (SSSR count). The first-order valence-electron chi connectivity index (χ1n) is 13.5. The van der Waals surface area contributed by atoms with Gasteiger partial charge in [0.05, 0.1) is 42.7 Å². The molecule has 1 N–H and O–H groups in total. The van der Waals surface area contributed by atoms with Crippen molar-refractivity contribution in [3.8, 4) is 0 Å². The summed E-state index contributed by atoms with van der Waals surface area (Å²) in [5, 5.41) is 3.05. The van der Waals surface area contributed by atoms with E-state index in [-0.39, 0.29) is 48.4 Å². The molecule has 0 radical (unpaired) electrons. The summed E-state index contributed by atoms with van der Waals surface area (Å²) in [6.07, 6.45) is 5.77. The molecule has 0 bridgehead atoms. The summed E-state index contributed by atoms with van der Waals surface area (Å²) >= 11 is 0. The summed E-state index contributed by atoms with van der Waals surface area (Å²) in [5.74, 6) is 0.0399. The predicted molar refractivity (Wildman–Crippen MR) is 142 cm³/mol. The highest BCUT2D eigenvalue weighted by Crippen LogP contribution is 2.38. The average Bonchev–Trinajstić information content (AvgIpc) is 3.06. The van der Waals surface area contributed by atoms with E-state index in [4.69, 9.17) is 23.5 Å². The summed E-state index contributed by atoms with van der Waals surface area (Å²) in [6, 6.07) is -0.0946. The number of amides is 2. The molecule has 1 unspecified atom stereocenters. The Hall–Kier alpha value is -1.88. The van der Waals surface area contributed by atoms with Crippen molar-refractivity contribution in [2.75, 3.05) is 26.3 Å². The Labute approximate surface area is 222 Å². The normalized spacial score (nSPS) is 30.9. The number of hydrogen-bond donors (Lipinski definition) is 1. The molecule has 10 heteroatoms. The van der Waals surface area contributed by atoms with Crippen LogP contribution < -0.4 is 5.32 Å². The number of rotatable bonds is 7. The van der Waals surface area contributed by atoms with Crippen LogP contribution in [0.3, 0.4) is 0 Å². The van der Waals surface area contributed by atoms with Crippen LogP contribution in [0.1, 0.15) is 68.2 Å². The third kappa shape index (κ3) is 7.82. The minimum Gasteiger partial charge on any atom is -0.442 e. The van der Waals surface area contributed by atoms with Gasteiger partial charge in [0.1, 0.15) is 6.10 Å². The number of hydrogen-bond acceptors (Lipinski definition) is 7. The second-order valence-electron chi connectivity index (χ2n) is 11.5. The molecule has 37 heavy (non-hydrogen) atoms. The van der Waals surface area contributed by atoms with Crippen LogP contribution >= 0.6 is 0 Å². The van der Waals surface area contributed by atoms with Crippen molar-refractivity contribution < 1.29 is 33.1 Å². The minimum atomic E-state index is -0.511. The molecule has 0 aromatic rings. The molecule has 0 aromatic carbocycles. The van der Waals surface area contributed by atoms with Gasteiger partial charge in [-0.05, 0) is 78.8 Å². The number of nitrogens with one attached hydrogen (secondary N) is 1. The van der Waals surface area contributed by atoms with Gasteiger partial charge in [-0.3, -0.25) is 4.79 Å². The molecule has 3 fully saturated rings. The number of carbonyl (C=O) groups is 2. The van der Waals surface area contributed by atoms with Crippen molar-refractivity contribution in [2.45, 2.75) is 104 Å². The van der Waals surface area contributed by atoms with Crippen molar-refractivity contribution in [2.24, 2.45) is 5.92 Å². The lowest BCUT2D eigenvalue weighted by molar-refractivity contribution is -0.123. The molecule has 0 spiro atoms. The number of allylic oxidation sites excluding steroid dienone is 1. The number of nitrogens with zero attached hydrogens (tertiary/aromatic N) is 1. The Morgan fingerprint density at radius 2 is 1.76 bits per heavy atom. The Morgan fingerprint density at radius 1 is 1.14 bits per heavy atom. The zero-order valence-corrected chi connectivity index (χ0v) is 23.7. The second kappa shape index (κ2) is 12.3. The maximum atomic E-state index is 12.5. The first-order valence-corrected chi connectivity index (χ1v) is 13.5. The van der Waals surface area contributed by atoms with E-state index >= 15 is 0 Å². The highest BCUT2D eigenvalue weighted by Gasteiger charge is 2.51. The zero-order valence-electron chi connectivity index (χ0n) is 23.7. The van der Waals surface area contributed by atoms with Gasteiger partial charge in [0.15, 0.2) is 0 Å². The van der Waals surface area contributed by atoms with E-state index < -0.39 is 12.2 Å². The predicted octanol–water partition coefficient (Wildman–Crippen LogP) is 3.67. The SMILES string of the molecule is C/C(=C\C[C@@H]1O[C@H](C)[C@H](NC(=O)C=CC(C)OC(=O)N2CCOCC2)C[C@@H]1C)B1OC(C)(C)C(C)(C)O1. The molecule has 3 aliphatic heterocycles. The lowest BCUT2D eigenvalue weighted by Crippen LogP contribution is -2.50. The van der Waals surface area contributed by atoms with Gasteiger partial charge in [-0.2, -0.15) is 0 Å². The summed E-state index contributed by atoms with van der Waals surface area (Å²) in [4.78, 5) is 26.3. The van der Waals surface area contributed by atoms with Gasteiger partial charge < -0.3 is 33.7 Å². The largest absolute Gasteiger partial charge is 0.489 e. The standard InChI is InChI=1S/C27H45BN2O7/c1-18-17-22(29-24(31)12-10-20(3)34-25(32)30-13-15-33-16-14-30)21(4)35-23(18)11-9-19(2)28-36-26(5,6)27(7,8)37-28/h9-10,12,18,20-23H,11,13-17H2,1-8H3,(H,29,31)/b12-10?,19-9+/t18-,20?,21+,22+,23-/m0/s1. The van der Waals surface area contributed by atoms with Gasteiger partial charge in [0, 0.05) is 19.2 Å². The molecule has 0 aromatic heterocycles. The summed E-state index contributed by atoms with van der Waals surface area (Å²) in [5.41, 5.74) is 0.321. The molecule has 9 nitrogen and oxygen atoms in total. The van der Waals surface area contributed by atoms with E-state index in [1.54, 1.807) is 17.9 Å². The fourth-order valence-electron chi connectivity index (χ4n) is 4.61. The van der Waals surface area contributed by atoms with Crippen LogP contribution in [0.15, 0.2) is 23.7 Å². The summed E-state index contributed by atoms with van der Waals surface area (Å²) in [7, 11) is -0.351. The highest BCUT2D eigenvalue weighted by atomic mass is 16.7. The minimum absolute atomic E-state index is 0.0516. The highest BCUT2D eigenvalue weighted by molar-refractivity contribution is 6.54. The molecule has 5 atom stereocenters. The maximum Gasteiger partial charge on any atom is 0.489 e. The number of carbonyl (C=O) groups excluding carboxylic acids is 2. The molecule has 208 valence electrons. The maximum absolute atomic E-state index is 12.5. The molecule has 3 aliphatic rings. The van der Waals surface area contributed by atoms with E-state index in [0.29, 0.717) is 26.3 Å². The number of morpholine rings is 1. The monoisotopic (exact) mass is 520 g/mol. The fraction of sp³-hybridized carbons (Fsp3) is 0.778. The van der Waals surface area contributed by atoms with Gasteiger partial charge in [0.25, 0.3) is 0 Å². The van der Waals surface area contributed by atoms with Crippen LogP contribution in [-0.2, 0) is 28.3 Å². The van der Waals surface area contributed by atoms with Crippen molar-refractivity contribution in [3.05, 3.63) is 23.7 Å². The van der Waals surface area contributed by atoms with Crippen molar-refractivity contribution in [1.82, 2.24) is 10.2 Å².